The number of aliphatic hydroxyl groups is 1. The van der Waals surface area contributed by atoms with Gasteiger partial charge < -0.3 is 15.2 Å². The molecule has 0 saturated carbocycles. The molecule has 0 aromatic carbocycles. The predicted octanol–water partition coefficient (Wildman–Crippen LogP) is 2.11. The van der Waals surface area contributed by atoms with E-state index in [-0.39, 0.29) is 17.9 Å². The van der Waals surface area contributed by atoms with E-state index in [2.05, 4.69) is 19.2 Å². The van der Waals surface area contributed by atoms with E-state index in [4.69, 9.17) is 4.74 Å². The molecular formula is C15H29NO3. The summed E-state index contributed by atoms with van der Waals surface area (Å²) in [5.74, 6) is 0.643. The Morgan fingerprint density at radius 1 is 1.42 bits per heavy atom. The van der Waals surface area contributed by atoms with Gasteiger partial charge in [-0.1, -0.05) is 13.8 Å². The summed E-state index contributed by atoms with van der Waals surface area (Å²) >= 11 is 0. The van der Waals surface area contributed by atoms with Crippen molar-refractivity contribution in [1.82, 2.24) is 5.32 Å². The zero-order valence-electron chi connectivity index (χ0n) is 12.4. The molecule has 0 aliphatic carbocycles. The van der Waals surface area contributed by atoms with Gasteiger partial charge in [-0.3, -0.25) is 4.79 Å². The van der Waals surface area contributed by atoms with E-state index >= 15 is 0 Å². The summed E-state index contributed by atoms with van der Waals surface area (Å²) in [4.78, 5) is 11.8. The summed E-state index contributed by atoms with van der Waals surface area (Å²) in [6, 6.07) is 0. The molecule has 1 amide bonds. The van der Waals surface area contributed by atoms with Gasteiger partial charge in [0.2, 0.25) is 5.91 Å². The van der Waals surface area contributed by atoms with E-state index in [1.807, 2.05) is 0 Å². The minimum Gasteiger partial charge on any atom is -0.396 e. The third-order valence-electron chi connectivity index (χ3n) is 4.53. The van der Waals surface area contributed by atoms with Crippen molar-refractivity contribution in [3.05, 3.63) is 0 Å². The van der Waals surface area contributed by atoms with Crippen molar-refractivity contribution in [3.63, 3.8) is 0 Å². The van der Waals surface area contributed by atoms with Gasteiger partial charge in [-0.15, -0.1) is 0 Å². The maximum atomic E-state index is 11.8. The molecule has 1 fully saturated rings. The molecule has 19 heavy (non-hydrogen) atoms. The van der Waals surface area contributed by atoms with Gasteiger partial charge in [0.1, 0.15) is 0 Å². The number of carbonyl (C=O) groups excluding carboxylic acids is 1. The Labute approximate surface area is 116 Å². The van der Waals surface area contributed by atoms with Crippen molar-refractivity contribution in [2.45, 2.75) is 52.4 Å². The molecule has 1 aliphatic heterocycles. The summed E-state index contributed by atoms with van der Waals surface area (Å²) < 4.78 is 5.42. The zero-order chi connectivity index (χ0) is 14.1. The quantitative estimate of drug-likeness (QED) is 0.711. The van der Waals surface area contributed by atoms with Gasteiger partial charge in [0.25, 0.3) is 0 Å². The number of hydrogen-bond acceptors (Lipinski definition) is 3. The average Bonchev–Trinajstić information content (AvgIpc) is 2.48. The lowest BCUT2D eigenvalue weighted by Crippen LogP contribution is -2.39. The Bertz CT molecular complexity index is 250. The lowest BCUT2D eigenvalue weighted by molar-refractivity contribution is -0.122. The van der Waals surface area contributed by atoms with E-state index < -0.39 is 0 Å². The van der Waals surface area contributed by atoms with Crippen molar-refractivity contribution in [2.75, 3.05) is 26.4 Å². The van der Waals surface area contributed by atoms with Crippen LogP contribution in [-0.4, -0.2) is 37.4 Å². The Morgan fingerprint density at radius 3 is 2.68 bits per heavy atom. The van der Waals surface area contributed by atoms with Crippen LogP contribution in [-0.2, 0) is 9.53 Å². The second-order valence-corrected chi connectivity index (χ2v) is 5.76. The molecule has 0 aromatic rings. The largest absolute Gasteiger partial charge is 0.396 e. The molecule has 4 nitrogen and oxygen atoms in total. The first-order chi connectivity index (χ1) is 9.15. The fraction of sp³-hybridized carbons (Fsp3) is 0.933. The number of rotatable bonds is 8. The molecule has 2 N–H and O–H groups in total. The van der Waals surface area contributed by atoms with Gasteiger partial charge in [0.15, 0.2) is 0 Å². The fourth-order valence-corrected chi connectivity index (χ4v) is 2.52. The van der Waals surface area contributed by atoms with Crippen LogP contribution in [0, 0.1) is 11.3 Å². The first-order valence-electron chi connectivity index (χ1n) is 7.61. The lowest BCUT2D eigenvalue weighted by Gasteiger charge is -2.29. The lowest BCUT2D eigenvalue weighted by atomic mass is 9.83. The van der Waals surface area contributed by atoms with Gasteiger partial charge in [-0.2, -0.15) is 0 Å². The minimum atomic E-state index is -0.149. The molecular weight excluding hydrogens is 242 g/mol. The highest BCUT2D eigenvalue weighted by molar-refractivity contribution is 5.75. The normalized spacial score (nSPS) is 20.3. The van der Waals surface area contributed by atoms with Crippen LogP contribution in [0.5, 0.6) is 0 Å². The monoisotopic (exact) mass is 271 g/mol. The number of hydrogen-bond donors (Lipinski definition) is 2. The predicted molar refractivity (Wildman–Crippen MR) is 75.9 cm³/mol. The van der Waals surface area contributed by atoms with Gasteiger partial charge in [0.05, 0.1) is 6.61 Å². The summed E-state index contributed by atoms with van der Waals surface area (Å²) in [6.07, 6.45) is 5.55. The zero-order valence-corrected chi connectivity index (χ0v) is 12.4. The Balaban J connectivity index is 2.23. The van der Waals surface area contributed by atoms with Crippen LogP contribution in [0.15, 0.2) is 0 Å². The fourth-order valence-electron chi connectivity index (χ4n) is 2.52. The number of ether oxygens (including phenoxy) is 1. The van der Waals surface area contributed by atoms with Crippen LogP contribution in [0.25, 0.3) is 0 Å². The highest BCUT2D eigenvalue weighted by Crippen LogP contribution is 2.24. The van der Waals surface area contributed by atoms with Gasteiger partial charge in [-0.25, -0.2) is 0 Å². The summed E-state index contributed by atoms with van der Waals surface area (Å²) in [6.45, 7) is 6.51. The highest BCUT2D eigenvalue weighted by atomic mass is 16.5. The van der Waals surface area contributed by atoms with Crippen LogP contribution in [0.1, 0.15) is 52.4 Å². The maximum Gasteiger partial charge on any atom is 0.220 e. The molecule has 1 saturated heterocycles. The molecule has 0 radical (unpaired) electrons. The van der Waals surface area contributed by atoms with E-state index in [1.165, 1.54) is 6.42 Å². The molecule has 0 spiro atoms. The number of aliphatic hydroxyl groups excluding tert-OH is 1. The molecule has 4 heteroatoms. The molecule has 0 aromatic heterocycles. The number of amides is 1. The molecule has 1 aliphatic rings. The third-order valence-corrected chi connectivity index (χ3v) is 4.53. The van der Waals surface area contributed by atoms with E-state index in [0.29, 0.717) is 18.9 Å². The molecule has 1 heterocycles. The highest BCUT2D eigenvalue weighted by Gasteiger charge is 2.25. The van der Waals surface area contributed by atoms with Gasteiger partial charge >= 0.3 is 0 Å². The molecule has 1 atom stereocenters. The minimum absolute atomic E-state index is 0.102. The van der Waals surface area contributed by atoms with Crippen LogP contribution in [0.3, 0.4) is 0 Å². The van der Waals surface area contributed by atoms with Crippen molar-refractivity contribution in [2.24, 2.45) is 11.3 Å². The third kappa shape index (κ3) is 5.49. The molecule has 1 rings (SSSR count). The first kappa shape index (κ1) is 16.4. The van der Waals surface area contributed by atoms with Crippen molar-refractivity contribution >= 4 is 5.91 Å². The van der Waals surface area contributed by atoms with Crippen LogP contribution in [0.4, 0.5) is 0 Å². The van der Waals surface area contributed by atoms with Crippen molar-refractivity contribution in [3.8, 4) is 0 Å². The molecule has 1 unspecified atom stereocenters. The molecule has 112 valence electrons. The Morgan fingerprint density at radius 2 is 2.16 bits per heavy atom. The molecule has 0 bridgehead atoms. The van der Waals surface area contributed by atoms with E-state index in [9.17, 15) is 9.90 Å². The number of nitrogens with one attached hydrogen (secondary N) is 1. The maximum absolute atomic E-state index is 11.8. The number of carbonyl (C=O) groups is 1. The Hall–Kier alpha value is -0.610. The van der Waals surface area contributed by atoms with Gasteiger partial charge in [-0.05, 0) is 38.0 Å². The van der Waals surface area contributed by atoms with Crippen molar-refractivity contribution in [1.29, 1.82) is 0 Å². The van der Waals surface area contributed by atoms with Crippen LogP contribution in [0.2, 0.25) is 0 Å². The SMILES string of the molecule is CCC(CC)(CO)CNC(=O)CCC1CCCOC1. The van der Waals surface area contributed by atoms with E-state index in [1.54, 1.807) is 0 Å². The summed E-state index contributed by atoms with van der Waals surface area (Å²) in [5.41, 5.74) is -0.149. The van der Waals surface area contributed by atoms with Crippen molar-refractivity contribution < 1.29 is 14.6 Å². The second kappa shape index (κ2) is 8.54. The average molecular weight is 271 g/mol. The van der Waals surface area contributed by atoms with Crippen LogP contribution >= 0.6 is 0 Å². The van der Waals surface area contributed by atoms with Crippen LogP contribution < -0.4 is 5.32 Å². The van der Waals surface area contributed by atoms with Gasteiger partial charge in [0, 0.05) is 31.6 Å². The first-order valence-corrected chi connectivity index (χ1v) is 7.61. The Kier molecular flexibility index (Phi) is 7.39. The van der Waals surface area contributed by atoms with E-state index in [0.717, 1.165) is 38.9 Å². The standard InChI is InChI=1S/C15H29NO3/c1-3-15(4-2,12-17)11-16-14(18)8-7-13-6-5-9-19-10-13/h13,17H,3-12H2,1-2H3,(H,16,18). The summed E-state index contributed by atoms with van der Waals surface area (Å²) in [7, 11) is 0. The smallest absolute Gasteiger partial charge is 0.220 e. The summed E-state index contributed by atoms with van der Waals surface area (Å²) in [5, 5.41) is 12.4. The topological polar surface area (TPSA) is 58.6 Å². The second-order valence-electron chi connectivity index (χ2n) is 5.76.